The van der Waals surface area contributed by atoms with E-state index in [9.17, 15) is 18.0 Å². The summed E-state index contributed by atoms with van der Waals surface area (Å²) in [6, 6.07) is 0. The number of amides is 1. The molecule has 1 aliphatic rings. The van der Waals surface area contributed by atoms with Crippen molar-refractivity contribution >= 4 is 5.91 Å². The Morgan fingerprint density at radius 3 is 2.50 bits per heavy atom. The molecule has 0 radical (unpaired) electrons. The third-order valence-corrected chi connectivity index (χ3v) is 4.23. The maximum atomic E-state index is 13.0. The predicted molar refractivity (Wildman–Crippen MR) is 82.2 cm³/mol. The molecule has 2 heterocycles. The van der Waals surface area contributed by atoms with Crippen molar-refractivity contribution in [2.75, 3.05) is 19.7 Å². The number of likely N-dealkylation sites (tertiary alicyclic amines) is 1. The number of aliphatic hydroxyl groups is 1. The van der Waals surface area contributed by atoms with Gasteiger partial charge in [-0.05, 0) is 31.1 Å². The summed E-state index contributed by atoms with van der Waals surface area (Å²) < 4.78 is 40.2. The molecule has 1 amide bonds. The fourth-order valence-corrected chi connectivity index (χ4v) is 3.34. The van der Waals surface area contributed by atoms with Crippen molar-refractivity contribution in [3.05, 3.63) is 17.5 Å². The van der Waals surface area contributed by atoms with E-state index in [1.807, 2.05) is 0 Å². The number of aryl methyl sites for hydroxylation is 1. The maximum Gasteiger partial charge on any atom is 0.435 e. The zero-order chi connectivity index (χ0) is 17.9. The second-order valence-electron chi connectivity index (χ2n) is 6.77. The molecule has 24 heavy (non-hydrogen) atoms. The average molecular weight is 347 g/mol. The third kappa shape index (κ3) is 4.72. The van der Waals surface area contributed by atoms with Crippen molar-refractivity contribution in [2.45, 2.75) is 45.8 Å². The molecule has 0 aliphatic carbocycles. The van der Waals surface area contributed by atoms with E-state index in [1.165, 1.54) is 6.20 Å². The Morgan fingerprint density at radius 2 is 1.96 bits per heavy atom. The molecule has 136 valence electrons. The van der Waals surface area contributed by atoms with Crippen LogP contribution in [0.4, 0.5) is 13.2 Å². The molecule has 0 bridgehead atoms. The predicted octanol–water partition coefficient (Wildman–Crippen LogP) is 2.33. The van der Waals surface area contributed by atoms with Crippen LogP contribution in [-0.2, 0) is 23.9 Å². The van der Waals surface area contributed by atoms with Gasteiger partial charge in [-0.15, -0.1) is 0 Å². The number of rotatable bonds is 5. The van der Waals surface area contributed by atoms with Crippen molar-refractivity contribution in [1.29, 1.82) is 0 Å². The zero-order valence-electron chi connectivity index (χ0n) is 14.0. The number of hydrogen-bond acceptors (Lipinski definition) is 3. The molecule has 8 heteroatoms. The summed E-state index contributed by atoms with van der Waals surface area (Å²) in [6.07, 6.45) is -1.93. The van der Waals surface area contributed by atoms with Gasteiger partial charge in [0.05, 0.1) is 0 Å². The topological polar surface area (TPSA) is 58.4 Å². The molecule has 0 unspecified atom stereocenters. The van der Waals surface area contributed by atoms with Crippen molar-refractivity contribution in [3.8, 4) is 0 Å². The van der Waals surface area contributed by atoms with Gasteiger partial charge >= 0.3 is 6.18 Å². The van der Waals surface area contributed by atoms with E-state index in [0.29, 0.717) is 24.9 Å². The lowest BCUT2D eigenvalue weighted by Crippen LogP contribution is -2.44. The van der Waals surface area contributed by atoms with Crippen LogP contribution in [0.2, 0.25) is 0 Å². The Labute approximate surface area is 139 Å². The largest absolute Gasteiger partial charge is 0.435 e. The lowest BCUT2D eigenvalue weighted by molar-refractivity contribution is -0.143. The van der Waals surface area contributed by atoms with E-state index in [-0.39, 0.29) is 37.5 Å². The minimum Gasteiger partial charge on any atom is -0.396 e. The van der Waals surface area contributed by atoms with Gasteiger partial charge in [-0.25, -0.2) is 0 Å². The molecule has 0 spiro atoms. The van der Waals surface area contributed by atoms with Crippen molar-refractivity contribution in [3.63, 3.8) is 0 Å². The molecule has 2 rings (SSSR count). The Kier molecular flexibility index (Phi) is 5.90. The Bertz CT molecular complexity index is 561. The quantitative estimate of drug-likeness (QED) is 0.889. The van der Waals surface area contributed by atoms with Crippen molar-refractivity contribution in [1.82, 2.24) is 14.7 Å². The normalized spacial score (nSPS) is 22.0. The molecule has 2 atom stereocenters. The highest BCUT2D eigenvalue weighted by molar-refractivity contribution is 5.76. The number of nitrogens with zero attached hydrogens (tertiary/aromatic N) is 3. The smallest absolute Gasteiger partial charge is 0.396 e. The number of alkyl halides is 3. The van der Waals surface area contributed by atoms with Crippen LogP contribution in [0.3, 0.4) is 0 Å². The molecular formula is C16H24F3N3O2. The third-order valence-electron chi connectivity index (χ3n) is 4.23. The van der Waals surface area contributed by atoms with E-state index in [0.717, 1.165) is 11.1 Å². The second kappa shape index (κ2) is 7.55. The SMILES string of the molecule is C[C@H]1C[C@H](C)CN(C(=O)Cn2cc(CCCO)c(C(F)(F)F)n2)C1. The van der Waals surface area contributed by atoms with E-state index < -0.39 is 11.9 Å². The molecule has 0 saturated carbocycles. The molecular weight excluding hydrogens is 323 g/mol. The first-order chi connectivity index (χ1) is 11.2. The minimum absolute atomic E-state index is 0.0183. The summed E-state index contributed by atoms with van der Waals surface area (Å²) in [5.41, 5.74) is -0.950. The fraction of sp³-hybridized carbons (Fsp3) is 0.750. The van der Waals surface area contributed by atoms with Gasteiger partial charge in [0.2, 0.25) is 5.91 Å². The van der Waals surface area contributed by atoms with Gasteiger partial charge < -0.3 is 10.0 Å². The highest BCUT2D eigenvalue weighted by atomic mass is 19.4. The van der Waals surface area contributed by atoms with Crippen LogP contribution in [0.25, 0.3) is 0 Å². The molecule has 1 aromatic rings. The summed E-state index contributed by atoms with van der Waals surface area (Å²) in [7, 11) is 0. The zero-order valence-corrected chi connectivity index (χ0v) is 14.0. The maximum absolute atomic E-state index is 13.0. The molecule has 0 aromatic carbocycles. The summed E-state index contributed by atoms with van der Waals surface area (Å²) >= 11 is 0. The highest BCUT2D eigenvalue weighted by Gasteiger charge is 2.37. The van der Waals surface area contributed by atoms with Crippen LogP contribution < -0.4 is 0 Å². The number of aromatic nitrogens is 2. The Balaban J connectivity index is 2.11. The number of aliphatic hydroxyl groups excluding tert-OH is 1. The Morgan fingerprint density at radius 1 is 1.33 bits per heavy atom. The molecule has 5 nitrogen and oxygen atoms in total. The fourth-order valence-electron chi connectivity index (χ4n) is 3.34. The summed E-state index contributed by atoms with van der Waals surface area (Å²) in [4.78, 5) is 14.1. The van der Waals surface area contributed by atoms with Crippen molar-refractivity contribution < 1.29 is 23.1 Å². The van der Waals surface area contributed by atoms with Gasteiger partial charge in [-0.3, -0.25) is 9.48 Å². The summed E-state index contributed by atoms with van der Waals surface area (Å²) in [6.45, 7) is 5.02. The van der Waals surface area contributed by atoms with E-state index in [4.69, 9.17) is 5.11 Å². The number of piperidine rings is 1. The first-order valence-corrected chi connectivity index (χ1v) is 8.22. The number of hydrogen-bond donors (Lipinski definition) is 1. The van der Waals surface area contributed by atoms with Crippen LogP contribution in [0.15, 0.2) is 6.20 Å². The first kappa shape index (κ1) is 18.8. The van der Waals surface area contributed by atoms with Gasteiger partial charge in [0.25, 0.3) is 0 Å². The van der Waals surface area contributed by atoms with E-state index in [1.54, 1.807) is 4.90 Å². The van der Waals surface area contributed by atoms with E-state index >= 15 is 0 Å². The lowest BCUT2D eigenvalue weighted by Gasteiger charge is -2.35. The van der Waals surface area contributed by atoms with Crippen molar-refractivity contribution in [2.24, 2.45) is 11.8 Å². The van der Waals surface area contributed by atoms with Crippen LogP contribution >= 0.6 is 0 Å². The van der Waals surface area contributed by atoms with Crippen LogP contribution in [0.1, 0.15) is 37.9 Å². The minimum atomic E-state index is -4.56. The van der Waals surface area contributed by atoms with Gasteiger partial charge in [-0.2, -0.15) is 18.3 Å². The highest BCUT2D eigenvalue weighted by Crippen LogP contribution is 2.31. The molecule has 1 aliphatic heterocycles. The number of carbonyl (C=O) groups is 1. The number of halogens is 3. The average Bonchev–Trinajstić information content (AvgIpc) is 2.87. The van der Waals surface area contributed by atoms with Gasteiger partial charge in [-0.1, -0.05) is 13.8 Å². The van der Waals surface area contributed by atoms with Gasteiger partial charge in [0.1, 0.15) is 6.54 Å². The van der Waals surface area contributed by atoms with Crippen LogP contribution in [0.5, 0.6) is 0 Å². The number of carbonyl (C=O) groups excluding carboxylic acids is 1. The molecule has 1 aromatic heterocycles. The molecule has 1 N–H and O–H groups in total. The monoisotopic (exact) mass is 347 g/mol. The molecule has 1 saturated heterocycles. The van der Waals surface area contributed by atoms with Gasteiger partial charge in [0.15, 0.2) is 5.69 Å². The summed E-state index contributed by atoms with van der Waals surface area (Å²) in [5.74, 6) is 0.570. The Hall–Kier alpha value is -1.57. The van der Waals surface area contributed by atoms with Crippen LogP contribution in [-0.4, -0.2) is 45.4 Å². The standard InChI is InChI=1S/C16H24F3N3O2/c1-11-6-12(2)8-21(7-11)14(24)10-22-9-13(4-3-5-23)15(20-22)16(17,18)19/h9,11-12,23H,3-8,10H2,1-2H3/t11-,12-/m0/s1. The van der Waals surface area contributed by atoms with Gasteiger partial charge in [0, 0.05) is 31.5 Å². The second-order valence-corrected chi connectivity index (χ2v) is 6.77. The van der Waals surface area contributed by atoms with E-state index in [2.05, 4.69) is 18.9 Å². The first-order valence-electron chi connectivity index (χ1n) is 8.22. The van der Waals surface area contributed by atoms with Crippen LogP contribution in [0, 0.1) is 11.8 Å². The summed E-state index contributed by atoms with van der Waals surface area (Å²) in [5, 5.41) is 12.4. The lowest BCUT2D eigenvalue weighted by atomic mass is 9.92. The molecule has 1 fully saturated rings.